The van der Waals surface area contributed by atoms with Crippen molar-refractivity contribution >= 4 is 17.2 Å². The molecule has 1 aromatic heterocycles. The molecule has 0 spiro atoms. The molecular formula is C25H31N3OS+2. The van der Waals surface area contributed by atoms with Crippen LogP contribution < -0.4 is 15.5 Å². The Morgan fingerprint density at radius 2 is 1.93 bits per heavy atom. The highest BCUT2D eigenvalue weighted by atomic mass is 32.1. The van der Waals surface area contributed by atoms with Gasteiger partial charge in [-0.2, -0.15) is 0 Å². The molecule has 1 unspecified atom stereocenters. The molecule has 3 atom stereocenters. The van der Waals surface area contributed by atoms with Gasteiger partial charge in [0.15, 0.2) is 6.54 Å². The second kappa shape index (κ2) is 10.0. The molecule has 0 bridgehead atoms. The number of carbonyl (C=O) groups excluding carboxylic acids is 1. The highest BCUT2D eigenvalue weighted by Crippen LogP contribution is 2.22. The third-order valence-electron chi connectivity index (χ3n) is 5.87. The number of hydrogen-bond acceptors (Lipinski definition) is 2. The molecule has 156 valence electrons. The van der Waals surface area contributed by atoms with E-state index in [1.54, 1.807) is 16.2 Å². The van der Waals surface area contributed by atoms with Crippen LogP contribution in [0.1, 0.15) is 34.0 Å². The van der Waals surface area contributed by atoms with Crippen molar-refractivity contribution in [1.29, 1.82) is 0 Å². The molecule has 0 saturated carbocycles. The normalized spacial score (nSPS) is 19.5. The third kappa shape index (κ3) is 5.57. The van der Waals surface area contributed by atoms with Crippen LogP contribution in [-0.2, 0) is 11.3 Å². The second-order valence-corrected chi connectivity index (χ2v) is 9.24. The van der Waals surface area contributed by atoms with Gasteiger partial charge in [-0.15, -0.1) is 11.3 Å². The lowest BCUT2D eigenvalue weighted by Crippen LogP contribution is -3.09. The summed E-state index contributed by atoms with van der Waals surface area (Å²) < 4.78 is 0. The lowest BCUT2D eigenvalue weighted by molar-refractivity contribution is -0.901. The maximum absolute atomic E-state index is 12.7. The van der Waals surface area contributed by atoms with E-state index in [0.717, 1.165) is 26.1 Å². The van der Waals surface area contributed by atoms with Gasteiger partial charge in [0.25, 0.3) is 5.91 Å². The number of likely N-dealkylation sites (tertiary alicyclic amines) is 1. The molecule has 1 aliphatic heterocycles. The number of aryl methyl sites for hydroxylation is 1. The van der Waals surface area contributed by atoms with Crippen LogP contribution in [0, 0.1) is 6.92 Å². The Balaban J connectivity index is 1.29. The minimum Gasteiger partial charge on any atom is -0.343 e. The average molecular weight is 422 g/mol. The lowest BCUT2D eigenvalue weighted by atomic mass is 10.0. The summed E-state index contributed by atoms with van der Waals surface area (Å²) in [5, 5.41) is 7.53. The molecule has 0 aliphatic carbocycles. The molecule has 1 saturated heterocycles. The van der Waals surface area contributed by atoms with E-state index in [1.165, 1.54) is 21.6 Å². The summed E-state index contributed by atoms with van der Waals surface area (Å²) in [4.78, 5) is 15.5. The Labute approximate surface area is 182 Å². The van der Waals surface area contributed by atoms with Gasteiger partial charge in [0, 0.05) is 17.5 Å². The van der Waals surface area contributed by atoms with Crippen molar-refractivity contribution in [2.24, 2.45) is 0 Å². The first-order chi connectivity index (χ1) is 14.7. The molecule has 2 aromatic carbocycles. The Morgan fingerprint density at radius 3 is 2.67 bits per heavy atom. The zero-order chi connectivity index (χ0) is 20.8. The summed E-state index contributed by atoms with van der Waals surface area (Å²) in [6.45, 7) is 5.71. The van der Waals surface area contributed by atoms with E-state index < -0.39 is 0 Å². The predicted octanol–water partition coefficient (Wildman–Crippen LogP) is 1.68. The molecular weight excluding hydrogens is 390 g/mol. The minimum atomic E-state index is 0.134. The summed E-state index contributed by atoms with van der Waals surface area (Å²) in [5.41, 5.74) is 3.87. The number of nitrogens with one attached hydrogen (secondary N) is 2. The monoisotopic (exact) mass is 421 g/mol. The van der Waals surface area contributed by atoms with Gasteiger partial charge >= 0.3 is 0 Å². The van der Waals surface area contributed by atoms with Gasteiger partial charge in [0.05, 0.1) is 24.0 Å². The highest BCUT2D eigenvalue weighted by Gasteiger charge is 2.28. The number of benzene rings is 2. The zero-order valence-electron chi connectivity index (χ0n) is 17.5. The third-order valence-corrected chi connectivity index (χ3v) is 6.82. The molecule has 5 heteroatoms. The van der Waals surface area contributed by atoms with Gasteiger partial charge in [0.1, 0.15) is 12.6 Å². The largest absolute Gasteiger partial charge is 0.343 e. The summed E-state index contributed by atoms with van der Waals surface area (Å²) in [6, 6.07) is 23.9. The zero-order valence-corrected chi connectivity index (χ0v) is 18.3. The van der Waals surface area contributed by atoms with Crippen LogP contribution in [0.15, 0.2) is 72.1 Å². The topological polar surface area (TPSA) is 50.1 Å². The van der Waals surface area contributed by atoms with Gasteiger partial charge < -0.3 is 15.5 Å². The quantitative estimate of drug-likeness (QED) is 0.509. The predicted molar refractivity (Wildman–Crippen MR) is 122 cm³/mol. The number of quaternary nitrogens is 2. The fourth-order valence-electron chi connectivity index (χ4n) is 4.27. The Bertz CT molecular complexity index is 925. The smallest absolute Gasteiger partial charge is 0.275 e. The van der Waals surface area contributed by atoms with Crippen molar-refractivity contribution in [2.45, 2.75) is 32.0 Å². The van der Waals surface area contributed by atoms with E-state index in [0.29, 0.717) is 6.54 Å². The van der Waals surface area contributed by atoms with Crippen molar-refractivity contribution in [2.75, 3.05) is 19.6 Å². The lowest BCUT2D eigenvalue weighted by Gasteiger charge is -2.17. The molecule has 2 heterocycles. The first-order valence-corrected chi connectivity index (χ1v) is 11.7. The summed E-state index contributed by atoms with van der Waals surface area (Å²) >= 11 is 1.75. The van der Waals surface area contributed by atoms with E-state index in [2.05, 4.69) is 89.7 Å². The molecule has 0 radical (unpaired) electrons. The molecule has 4 nitrogen and oxygen atoms in total. The standard InChI is InChI=1S/C25H29N3OS/c1-19-9-11-21(12-10-19)25(23-8-5-15-30-23)26-16-24(29)27-22-13-14-28(18-22)17-20-6-3-2-4-7-20/h2-12,15,22,25-26H,13-14,16-18H2,1H3,(H,27,29)/p+2/t22-,25-/m1/s1. The molecule has 4 N–H and O–H groups in total. The van der Waals surface area contributed by atoms with Crippen LogP contribution in [0.5, 0.6) is 0 Å². The van der Waals surface area contributed by atoms with Gasteiger partial charge in [-0.05, 0) is 18.4 Å². The fourth-order valence-corrected chi connectivity index (χ4v) is 5.12. The van der Waals surface area contributed by atoms with Gasteiger partial charge in [-0.25, -0.2) is 0 Å². The van der Waals surface area contributed by atoms with Crippen LogP contribution in [0.3, 0.4) is 0 Å². The van der Waals surface area contributed by atoms with E-state index in [9.17, 15) is 4.79 Å². The van der Waals surface area contributed by atoms with Gasteiger partial charge in [0.2, 0.25) is 0 Å². The number of amides is 1. The van der Waals surface area contributed by atoms with Gasteiger partial charge in [-0.1, -0.05) is 66.2 Å². The van der Waals surface area contributed by atoms with Crippen molar-refractivity contribution in [1.82, 2.24) is 5.32 Å². The molecule has 1 amide bonds. The van der Waals surface area contributed by atoms with Crippen LogP contribution >= 0.6 is 11.3 Å². The molecule has 1 aliphatic rings. The summed E-state index contributed by atoms with van der Waals surface area (Å²) in [7, 11) is 0. The van der Waals surface area contributed by atoms with Crippen molar-refractivity contribution in [3.63, 3.8) is 0 Å². The Kier molecular flexibility index (Phi) is 6.95. The molecule has 30 heavy (non-hydrogen) atoms. The first kappa shape index (κ1) is 20.8. The summed E-state index contributed by atoms with van der Waals surface area (Å²) in [5.74, 6) is 0.134. The average Bonchev–Trinajstić information content (AvgIpc) is 3.43. The van der Waals surface area contributed by atoms with Crippen LogP contribution in [0.4, 0.5) is 0 Å². The number of nitrogens with two attached hydrogens (primary N) is 1. The van der Waals surface area contributed by atoms with Crippen LogP contribution in [0.25, 0.3) is 0 Å². The fraction of sp³-hybridized carbons (Fsp3) is 0.320. The minimum absolute atomic E-state index is 0.134. The first-order valence-electron chi connectivity index (χ1n) is 10.8. The number of rotatable bonds is 8. The Morgan fingerprint density at radius 1 is 1.13 bits per heavy atom. The SMILES string of the molecule is Cc1ccc([C@@H]([NH2+]CC(=O)N[C@@H]2CC[NH+](Cc3ccccc3)C2)c2cccs2)cc1. The maximum atomic E-state index is 12.7. The van der Waals surface area contributed by atoms with E-state index in [1.807, 2.05) is 0 Å². The number of carbonyl (C=O) groups is 1. The molecule has 3 aromatic rings. The van der Waals surface area contributed by atoms with E-state index >= 15 is 0 Å². The summed E-state index contributed by atoms with van der Waals surface area (Å²) in [6.07, 6.45) is 1.06. The van der Waals surface area contributed by atoms with Crippen molar-refractivity contribution in [3.8, 4) is 0 Å². The maximum Gasteiger partial charge on any atom is 0.275 e. The Hall–Kier alpha value is -2.47. The van der Waals surface area contributed by atoms with Crippen molar-refractivity contribution < 1.29 is 15.0 Å². The van der Waals surface area contributed by atoms with E-state index in [-0.39, 0.29) is 18.0 Å². The van der Waals surface area contributed by atoms with Gasteiger partial charge in [-0.3, -0.25) is 4.79 Å². The molecule has 1 fully saturated rings. The van der Waals surface area contributed by atoms with Crippen LogP contribution in [-0.4, -0.2) is 31.6 Å². The highest BCUT2D eigenvalue weighted by molar-refractivity contribution is 7.10. The van der Waals surface area contributed by atoms with Crippen LogP contribution in [0.2, 0.25) is 0 Å². The number of thiophene rings is 1. The van der Waals surface area contributed by atoms with E-state index in [4.69, 9.17) is 0 Å². The second-order valence-electron chi connectivity index (χ2n) is 8.26. The molecule has 4 rings (SSSR count). The number of hydrogen-bond donors (Lipinski definition) is 3. The van der Waals surface area contributed by atoms with Crippen molar-refractivity contribution in [3.05, 3.63) is 93.7 Å².